The minimum Gasteiger partial charge on any atom is -0.483 e. The Morgan fingerprint density at radius 1 is 0.958 bits per heavy atom. The van der Waals surface area contributed by atoms with Crippen LogP contribution in [0.1, 0.15) is 24.5 Å². The average molecular weight is 326 g/mol. The molecule has 2 aromatic rings. The third-order valence-corrected chi connectivity index (χ3v) is 3.57. The third kappa shape index (κ3) is 4.84. The van der Waals surface area contributed by atoms with Crippen molar-refractivity contribution in [3.8, 4) is 5.75 Å². The van der Waals surface area contributed by atoms with Crippen LogP contribution >= 0.6 is 0 Å². The van der Waals surface area contributed by atoms with Gasteiger partial charge in [0.1, 0.15) is 5.75 Å². The van der Waals surface area contributed by atoms with Crippen LogP contribution in [0.4, 0.5) is 11.4 Å². The summed E-state index contributed by atoms with van der Waals surface area (Å²) < 4.78 is 5.52. The fourth-order valence-corrected chi connectivity index (χ4v) is 2.13. The molecule has 0 aromatic heterocycles. The van der Waals surface area contributed by atoms with Gasteiger partial charge in [0.15, 0.2) is 6.61 Å². The van der Waals surface area contributed by atoms with Gasteiger partial charge in [-0.1, -0.05) is 31.2 Å². The SMILES string of the molecule is CCC(=O)Nc1cc(NC(=O)COc2ccccc2C)ccc1C. The lowest BCUT2D eigenvalue weighted by molar-refractivity contribution is -0.118. The van der Waals surface area contributed by atoms with Gasteiger partial charge in [0.2, 0.25) is 5.91 Å². The lowest BCUT2D eigenvalue weighted by Gasteiger charge is -2.12. The van der Waals surface area contributed by atoms with E-state index >= 15 is 0 Å². The molecular formula is C19H22N2O3. The standard InChI is InChI=1S/C19H22N2O3/c1-4-18(22)21-16-11-15(10-9-13(16)2)20-19(23)12-24-17-8-6-5-7-14(17)3/h5-11H,4,12H2,1-3H3,(H,20,23)(H,21,22). The molecule has 2 rings (SSSR count). The zero-order valence-electron chi connectivity index (χ0n) is 14.2. The molecule has 0 aliphatic carbocycles. The normalized spacial score (nSPS) is 10.1. The molecule has 0 fully saturated rings. The number of carbonyl (C=O) groups is 2. The number of amides is 2. The molecule has 2 aromatic carbocycles. The number of benzene rings is 2. The second-order valence-corrected chi connectivity index (χ2v) is 5.53. The highest BCUT2D eigenvalue weighted by Gasteiger charge is 2.08. The maximum absolute atomic E-state index is 12.0. The minimum absolute atomic E-state index is 0.0653. The average Bonchev–Trinajstić information content (AvgIpc) is 2.57. The van der Waals surface area contributed by atoms with E-state index in [0.29, 0.717) is 23.5 Å². The van der Waals surface area contributed by atoms with E-state index in [9.17, 15) is 9.59 Å². The molecule has 2 N–H and O–H groups in total. The van der Waals surface area contributed by atoms with Crippen molar-refractivity contribution >= 4 is 23.2 Å². The number of aryl methyl sites for hydroxylation is 2. The number of anilines is 2. The van der Waals surface area contributed by atoms with Crippen LogP contribution in [0.15, 0.2) is 42.5 Å². The van der Waals surface area contributed by atoms with E-state index in [1.807, 2.05) is 44.2 Å². The molecule has 5 nitrogen and oxygen atoms in total. The molecule has 0 spiro atoms. The van der Waals surface area contributed by atoms with Gasteiger partial charge in [0, 0.05) is 17.8 Å². The highest BCUT2D eigenvalue weighted by Crippen LogP contribution is 2.21. The molecule has 0 heterocycles. The first-order valence-corrected chi connectivity index (χ1v) is 7.88. The van der Waals surface area contributed by atoms with Crippen LogP contribution in [0.2, 0.25) is 0 Å². The maximum atomic E-state index is 12.0. The summed E-state index contributed by atoms with van der Waals surface area (Å²) in [7, 11) is 0. The molecule has 0 radical (unpaired) electrons. The predicted molar refractivity (Wildman–Crippen MR) is 95.4 cm³/mol. The van der Waals surface area contributed by atoms with Crippen molar-refractivity contribution in [2.45, 2.75) is 27.2 Å². The smallest absolute Gasteiger partial charge is 0.262 e. The maximum Gasteiger partial charge on any atom is 0.262 e. The Kier molecular flexibility index (Phi) is 5.95. The first kappa shape index (κ1) is 17.5. The summed E-state index contributed by atoms with van der Waals surface area (Å²) in [6.07, 6.45) is 0.403. The summed E-state index contributed by atoms with van der Waals surface area (Å²) in [4.78, 5) is 23.6. The number of hydrogen-bond acceptors (Lipinski definition) is 3. The van der Waals surface area contributed by atoms with Gasteiger partial charge < -0.3 is 15.4 Å². The first-order chi connectivity index (χ1) is 11.5. The van der Waals surface area contributed by atoms with Crippen LogP contribution in [-0.4, -0.2) is 18.4 Å². The summed E-state index contributed by atoms with van der Waals surface area (Å²) >= 11 is 0. The summed E-state index contributed by atoms with van der Waals surface area (Å²) in [6, 6.07) is 12.9. The van der Waals surface area contributed by atoms with Crippen LogP contribution in [0, 0.1) is 13.8 Å². The van der Waals surface area contributed by atoms with Crippen molar-refractivity contribution < 1.29 is 14.3 Å². The van der Waals surface area contributed by atoms with Crippen LogP contribution in [-0.2, 0) is 9.59 Å². The number of ether oxygens (including phenoxy) is 1. The molecule has 126 valence electrons. The van der Waals surface area contributed by atoms with Crippen LogP contribution < -0.4 is 15.4 Å². The summed E-state index contributed by atoms with van der Waals surface area (Å²) in [5.74, 6) is 0.367. The zero-order chi connectivity index (χ0) is 17.5. The third-order valence-electron chi connectivity index (χ3n) is 3.57. The molecule has 5 heteroatoms. The molecular weight excluding hydrogens is 304 g/mol. The van der Waals surface area contributed by atoms with E-state index < -0.39 is 0 Å². The molecule has 24 heavy (non-hydrogen) atoms. The molecule has 0 aliphatic heterocycles. The largest absolute Gasteiger partial charge is 0.483 e. The fraction of sp³-hybridized carbons (Fsp3) is 0.263. The zero-order valence-corrected chi connectivity index (χ0v) is 14.2. The molecule has 0 unspecified atom stereocenters. The Balaban J connectivity index is 1.97. The second-order valence-electron chi connectivity index (χ2n) is 5.53. The Morgan fingerprint density at radius 2 is 1.71 bits per heavy atom. The minimum atomic E-state index is -0.255. The number of nitrogens with one attached hydrogen (secondary N) is 2. The molecule has 0 aliphatic rings. The molecule has 0 saturated carbocycles. The van der Waals surface area contributed by atoms with Gasteiger partial charge in [-0.15, -0.1) is 0 Å². The van der Waals surface area contributed by atoms with E-state index in [0.717, 1.165) is 11.1 Å². The lowest BCUT2D eigenvalue weighted by atomic mass is 10.1. The Hall–Kier alpha value is -2.82. The van der Waals surface area contributed by atoms with E-state index in [1.54, 1.807) is 19.1 Å². The van der Waals surface area contributed by atoms with Gasteiger partial charge in [-0.2, -0.15) is 0 Å². The van der Waals surface area contributed by atoms with Crippen LogP contribution in [0.5, 0.6) is 5.75 Å². The topological polar surface area (TPSA) is 67.4 Å². The Bertz CT molecular complexity index is 741. The van der Waals surface area contributed by atoms with Crippen molar-refractivity contribution in [2.75, 3.05) is 17.2 Å². The van der Waals surface area contributed by atoms with Crippen LogP contribution in [0.25, 0.3) is 0 Å². The highest BCUT2D eigenvalue weighted by molar-refractivity contribution is 5.95. The number of para-hydroxylation sites is 1. The second kappa shape index (κ2) is 8.15. The van der Waals surface area contributed by atoms with Crippen molar-refractivity contribution in [1.82, 2.24) is 0 Å². The molecule has 0 saturated heterocycles. The van der Waals surface area contributed by atoms with Crippen molar-refractivity contribution in [2.24, 2.45) is 0 Å². The number of carbonyl (C=O) groups excluding carboxylic acids is 2. The van der Waals surface area contributed by atoms with E-state index in [-0.39, 0.29) is 18.4 Å². The van der Waals surface area contributed by atoms with Crippen molar-refractivity contribution in [3.63, 3.8) is 0 Å². The summed E-state index contributed by atoms with van der Waals surface area (Å²) in [5.41, 5.74) is 3.22. The lowest BCUT2D eigenvalue weighted by Crippen LogP contribution is -2.20. The number of rotatable bonds is 6. The van der Waals surface area contributed by atoms with Gasteiger partial charge in [-0.3, -0.25) is 9.59 Å². The molecule has 0 atom stereocenters. The van der Waals surface area contributed by atoms with Gasteiger partial charge in [-0.25, -0.2) is 0 Å². The molecule has 0 bridgehead atoms. The monoisotopic (exact) mass is 326 g/mol. The first-order valence-electron chi connectivity index (χ1n) is 7.88. The van der Waals surface area contributed by atoms with Crippen molar-refractivity contribution in [3.05, 3.63) is 53.6 Å². The summed E-state index contributed by atoms with van der Waals surface area (Å²) in [6.45, 7) is 5.54. The quantitative estimate of drug-likeness (QED) is 0.851. The summed E-state index contributed by atoms with van der Waals surface area (Å²) in [5, 5.41) is 5.59. The van der Waals surface area contributed by atoms with Gasteiger partial charge in [0.05, 0.1) is 0 Å². The molecule has 2 amide bonds. The fourth-order valence-electron chi connectivity index (χ4n) is 2.13. The van der Waals surface area contributed by atoms with Gasteiger partial charge in [0.25, 0.3) is 5.91 Å². The van der Waals surface area contributed by atoms with Gasteiger partial charge in [-0.05, 0) is 43.2 Å². The number of hydrogen-bond donors (Lipinski definition) is 2. The van der Waals surface area contributed by atoms with E-state index in [1.165, 1.54) is 0 Å². The highest BCUT2D eigenvalue weighted by atomic mass is 16.5. The van der Waals surface area contributed by atoms with Gasteiger partial charge >= 0.3 is 0 Å². The van der Waals surface area contributed by atoms with Crippen molar-refractivity contribution in [1.29, 1.82) is 0 Å². The Morgan fingerprint density at radius 3 is 2.42 bits per heavy atom. The predicted octanol–water partition coefficient (Wildman–Crippen LogP) is 3.67. The Labute approximate surface area is 142 Å². The van der Waals surface area contributed by atoms with E-state index in [2.05, 4.69) is 10.6 Å². The van der Waals surface area contributed by atoms with E-state index in [4.69, 9.17) is 4.74 Å². The van der Waals surface area contributed by atoms with Crippen LogP contribution in [0.3, 0.4) is 0 Å².